The number of aliphatic imine (C=N–C) groups is 4. The average molecular weight is 782 g/mol. The molecule has 0 aromatic heterocycles. The molecule has 4 rings (SSSR count). The summed E-state index contributed by atoms with van der Waals surface area (Å²) in [6.45, 7) is 0.300. The molecule has 0 bridgehead atoms. The Labute approximate surface area is 263 Å². The molecule has 0 fully saturated rings. The summed E-state index contributed by atoms with van der Waals surface area (Å²) >= 11 is 0. The van der Waals surface area contributed by atoms with Gasteiger partial charge in [-0.05, 0) is 0 Å². The standard InChI is InChI=1S/4C5H7NO4.2Rh/c4*1-9-4(7)3-2-6-5(8)10-3;;/h4*3H,2H2,1H3,(H,6,8);;/q;;;;2*+2/p-4. The molecule has 2 radical (unpaired) electrons. The van der Waals surface area contributed by atoms with Crippen LogP contribution < -0.4 is 20.4 Å². The van der Waals surface area contributed by atoms with E-state index in [4.69, 9.17) is 0 Å². The normalized spacial score (nSPS) is 22.2. The SMILES string of the molecule is COC(=O)C1CN=C([O-])O1.COC(=O)C1CN=C([O-])O1.COC(=O)C1CN=C([O-])O1.COC(=O)C1CN=C([O-])O1.[Rh+2].[Rh+2]. The maximum absolute atomic E-state index is 10.6. The van der Waals surface area contributed by atoms with E-state index in [9.17, 15) is 39.6 Å². The van der Waals surface area contributed by atoms with Gasteiger partial charge in [-0.1, -0.05) is 0 Å². The molecule has 0 saturated carbocycles. The van der Waals surface area contributed by atoms with Gasteiger partial charge in [-0.15, -0.1) is 0 Å². The molecule has 4 unspecified atom stereocenters. The van der Waals surface area contributed by atoms with Crippen LogP contribution in [-0.2, 0) is 96.0 Å². The second-order valence-electron chi connectivity index (χ2n) is 6.94. The Morgan fingerprint density at radius 1 is 0.500 bits per heavy atom. The zero-order valence-electron chi connectivity index (χ0n) is 22.1. The van der Waals surface area contributed by atoms with Crippen molar-refractivity contribution in [1.29, 1.82) is 0 Å². The van der Waals surface area contributed by atoms with E-state index in [2.05, 4.69) is 57.9 Å². The van der Waals surface area contributed by atoms with Crippen LogP contribution in [0.2, 0.25) is 0 Å². The number of hydrogen-bond donors (Lipinski definition) is 0. The van der Waals surface area contributed by atoms with E-state index in [-0.39, 0.29) is 65.1 Å². The van der Waals surface area contributed by atoms with Gasteiger partial charge in [0.1, 0.15) is 48.8 Å². The third-order valence-electron chi connectivity index (χ3n) is 4.37. The fourth-order valence-corrected chi connectivity index (χ4v) is 2.43. The largest absolute Gasteiger partial charge is 2.00 e. The van der Waals surface area contributed by atoms with Crippen molar-refractivity contribution in [3.05, 3.63) is 0 Å². The quantitative estimate of drug-likeness (QED) is 0.145. The van der Waals surface area contributed by atoms with Crippen molar-refractivity contribution in [2.24, 2.45) is 20.0 Å². The first-order chi connectivity index (χ1) is 18.9. The minimum absolute atomic E-state index is 0. The van der Waals surface area contributed by atoms with Gasteiger partial charge in [0.05, 0.1) is 54.6 Å². The topological polar surface area (TPSA) is 284 Å². The number of carbonyl (C=O) groups is 4. The van der Waals surface area contributed by atoms with E-state index >= 15 is 0 Å². The van der Waals surface area contributed by atoms with Crippen LogP contribution in [0.25, 0.3) is 0 Å². The van der Waals surface area contributed by atoms with Gasteiger partial charge < -0.3 is 58.3 Å². The van der Waals surface area contributed by atoms with Gasteiger partial charge in [0, 0.05) is 0 Å². The summed E-state index contributed by atoms with van der Waals surface area (Å²) in [5.41, 5.74) is 0. The number of esters is 4. The first-order valence-electron chi connectivity index (χ1n) is 10.8. The Bertz CT molecular complexity index is 878. The third kappa shape index (κ3) is 14.2. The molecular weight excluding hydrogens is 758 g/mol. The van der Waals surface area contributed by atoms with Gasteiger partial charge in [-0.2, -0.15) is 0 Å². The Balaban J connectivity index is 0. The summed E-state index contributed by atoms with van der Waals surface area (Å²) in [4.78, 5) is 55.7. The van der Waals surface area contributed by atoms with E-state index < -0.39 is 72.6 Å². The first kappa shape index (κ1) is 40.3. The maximum Gasteiger partial charge on any atom is 2.00 e. The van der Waals surface area contributed by atoms with E-state index in [0.29, 0.717) is 0 Å². The maximum atomic E-state index is 10.6. The average Bonchev–Trinajstić information content (AvgIpc) is 3.77. The minimum Gasteiger partial charge on any atom is -0.584 e. The molecule has 22 heteroatoms. The number of methoxy groups -OCH3 is 4. The summed E-state index contributed by atoms with van der Waals surface area (Å²) < 4.78 is 35.0. The van der Waals surface area contributed by atoms with Crippen molar-refractivity contribution in [2.45, 2.75) is 24.4 Å². The number of ether oxygens (including phenoxy) is 8. The van der Waals surface area contributed by atoms with Crippen molar-refractivity contribution in [2.75, 3.05) is 54.6 Å². The van der Waals surface area contributed by atoms with Crippen molar-refractivity contribution in [1.82, 2.24) is 0 Å². The van der Waals surface area contributed by atoms with Gasteiger partial charge in [-0.3, -0.25) is 39.1 Å². The third-order valence-corrected chi connectivity index (χ3v) is 4.37. The van der Waals surface area contributed by atoms with Crippen LogP contribution in [0.4, 0.5) is 0 Å². The van der Waals surface area contributed by atoms with E-state index in [1.165, 1.54) is 28.4 Å². The van der Waals surface area contributed by atoms with Gasteiger partial charge in [0.15, 0.2) is 0 Å². The van der Waals surface area contributed by atoms with E-state index in [1.54, 1.807) is 0 Å². The van der Waals surface area contributed by atoms with Crippen molar-refractivity contribution in [3.63, 3.8) is 0 Å². The smallest absolute Gasteiger partial charge is 0.584 e. The summed E-state index contributed by atoms with van der Waals surface area (Å²) in [6, 6.07) is 0. The number of nitrogens with zero attached hydrogens (tertiary/aromatic N) is 4. The van der Waals surface area contributed by atoms with E-state index in [0.717, 1.165) is 0 Å². The second kappa shape index (κ2) is 21.0. The molecule has 0 aromatic rings. The Morgan fingerprint density at radius 3 is 0.762 bits per heavy atom. The molecule has 0 spiro atoms. The van der Waals surface area contributed by atoms with E-state index in [1.807, 2.05) is 0 Å². The van der Waals surface area contributed by atoms with Gasteiger partial charge in [-0.25, -0.2) is 0 Å². The van der Waals surface area contributed by atoms with Crippen LogP contribution in [0.15, 0.2) is 20.0 Å². The Hall–Kier alpha value is -3.79. The number of rotatable bonds is 4. The molecule has 4 aliphatic heterocycles. The summed E-state index contributed by atoms with van der Waals surface area (Å²) in [7, 11) is 4.92. The summed E-state index contributed by atoms with van der Waals surface area (Å²) in [5.74, 6) is -2.24. The van der Waals surface area contributed by atoms with Crippen molar-refractivity contribution >= 4 is 48.2 Å². The molecule has 4 atom stereocenters. The molecule has 0 aliphatic carbocycles. The molecule has 238 valence electrons. The number of carbonyl (C=O) groups excluding carboxylic acids is 4. The van der Waals surface area contributed by atoms with Crippen LogP contribution in [0.3, 0.4) is 0 Å². The molecule has 0 amide bonds. The molecule has 4 heterocycles. The predicted molar refractivity (Wildman–Crippen MR) is 117 cm³/mol. The van der Waals surface area contributed by atoms with Gasteiger partial charge in [0.25, 0.3) is 0 Å². The fourth-order valence-electron chi connectivity index (χ4n) is 2.43. The monoisotopic (exact) mass is 782 g/mol. The zero-order valence-corrected chi connectivity index (χ0v) is 25.4. The molecule has 4 aliphatic rings. The van der Waals surface area contributed by atoms with Crippen molar-refractivity contribution in [3.8, 4) is 0 Å². The summed E-state index contributed by atoms with van der Waals surface area (Å²) in [6.07, 6.45) is -6.08. The first-order valence-corrected chi connectivity index (χ1v) is 10.8. The predicted octanol–water partition coefficient (Wildman–Crippen LogP) is -6.91. The molecule has 20 nitrogen and oxygen atoms in total. The number of hydrogen-bond acceptors (Lipinski definition) is 20. The van der Waals surface area contributed by atoms with Crippen LogP contribution in [0.1, 0.15) is 0 Å². The molecule has 0 aromatic carbocycles. The zero-order chi connectivity index (χ0) is 30.2. The second-order valence-corrected chi connectivity index (χ2v) is 6.94. The van der Waals surface area contributed by atoms with Gasteiger partial charge >= 0.3 is 62.8 Å². The van der Waals surface area contributed by atoms with Crippen LogP contribution in [0, 0.1) is 0 Å². The molecular formula is C20H24N4O16Rh2. The van der Waals surface area contributed by atoms with Crippen molar-refractivity contribution < 1.29 is 116 Å². The Morgan fingerprint density at radius 2 is 0.667 bits per heavy atom. The Kier molecular flexibility index (Phi) is 20.2. The molecule has 42 heavy (non-hydrogen) atoms. The van der Waals surface area contributed by atoms with Crippen LogP contribution >= 0.6 is 0 Å². The summed E-state index contributed by atoms with van der Waals surface area (Å²) in [5, 5.41) is 41.1. The van der Waals surface area contributed by atoms with Gasteiger partial charge in [0.2, 0.25) is 0 Å². The minimum atomic E-state index is -0.822. The van der Waals surface area contributed by atoms with Crippen LogP contribution in [0.5, 0.6) is 0 Å². The molecule has 0 N–H and O–H groups in total. The fraction of sp³-hybridized carbons (Fsp3) is 0.600. The molecule has 0 saturated heterocycles. The van der Waals surface area contributed by atoms with Crippen LogP contribution in [-0.4, -0.2) is 127 Å².